The van der Waals surface area contributed by atoms with Crippen LogP contribution in [0.5, 0.6) is 0 Å². The normalized spacial score (nSPS) is 11.6. The summed E-state index contributed by atoms with van der Waals surface area (Å²) in [5, 5.41) is 3.08. The molecule has 1 aromatic carbocycles. The summed E-state index contributed by atoms with van der Waals surface area (Å²) in [4.78, 5) is 14.1. The number of carbonyl (C=O) groups is 1. The average molecular weight is 313 g/mol. The molecule has 0 saturated heterocycles. The molecule has 21 heavy (non-hydrogen) atoms. The van der Waals surface area contributed by atoms with E-state index in [0.717, 1.165) is 25.8 Å². The number of nitrogens with one attached hydrogen (secondary N) is 1. The van der Waals surface area contributed by atoms with Crippen molar-refractivity contribution in [1.29, 1.82) is 0 Å². The number of hydrogen-bond acceptors (Lipinski definition) is 2. The molecule has 120 valence electrons. The van der Waals surface area contributed by atoms with Crippen molar-refractivity contribution < 1.29 is 4.79 Å². The topological polar surface area (TPSA) is 32.3 Å². The first-order chi connectivity index (χ1) is 9.58. The molecule has 0 radical (unpaired) electrons. The van der Waals surface area contributed by atoms with Crippen LogP contribution in [-0.2, 0) is 11.2 Å². The van der Waals surface area contributed by atoms with Crippen LogP contribution in [0.3, 0.4) is 0 Å². The SMILES string of the molecule is CCC(Cc1ccc(C)cc1)N(C)C(=O)CCCNC.Cl. The van der Waals surface area contributed by atoms with E-state index < -0.39 is 0 Å². The van der Waals surface area contributed by atoms with Gasteiger partial charge in [0, 0.05) is 19.5 Å². The molecular weight excluding hydrogens is 284 g/mol. The number of hydrogen-bond donors (Lipinski definition) is 1. The van der Waals surface area contributed by atoms with E-state index in [9.17, 15) is 4.79 Å². The predicted molar refractivity (Wildman–Crippen MR) is 92.1 cm³/mol. The summed E-state index contributed by atoms with van der Waals surface area (Å²) in [5.74, 6) is 0.249. The second-order valence-electron chi connectivity index (χ2n) is 5.46. The number of nitrogens with zero attached hydrogens (tertiary/aromatic N) is 1. The summed E-state index contributed by atoms with van der Waals surface area (Å²) >= 11 is 0. The smallest absolute Gasteiger partial charge is 0.222 e. The molecule has 0 aromatic heterocycles. The maximum atomic E-state index is 12.2. The first-order valence-corrected chi connectivity index (χ1v) is 7.54. The predicted octanol–water partition coefficient (Wildman–Crippen LogP) is 3.20. The fraction of sp³-hybridized carbons (Fsp3) is 0.588. The quantitative estimate of drug-likeness (QED) is 0.748. The molecule has 0 spiro atoms. The summed E-state index contributed by atoms with van der Waals surface area (Å²) < 4.78 is 0. The van der Waals surface area contributed by atoms with Gasteiger partial charge < -0.3 is 10.2 Å². The van der Waals surface area contributed by atoms with Crippen molar-refractivity contribution >= 4 is 18.3 Å². The van der Waals surface area contributed by atoms with Gasteiger partial charge in [-0.3, -0.25) is 4.79 Å². The molecule has 1 aromatic rings. The van der Waals surface area contributed by atoms with Gasteiger partial charge in [-0.25, -0.2) is 0 Å². The third-order valence-electron chi connectivity index (χ3n) is 3.82. The number of amides is 1. The van der Waals surface area contributed by atoms with Crippen LogP contribution in [0.1, 0.15) is 37.3 Å². The fourth-order valence-corrected chi connectivity index (χ4v) is 2.35. The van der Waals surface area contributed by atoms with Crippen LogP contribution in [0.4, 0.5) is 0 Å². The maximum Gasteiger partial charge on any atom is 0.222 e. The van der Waals surface area contributed by atoms with Gasteiger partial charge in [-0.05, 0) is 45.3 Å². The summed E-state index contributed by atoms with van der Waals surface area (Å²) in [7, 11) is 3.85. The van der Waals surface area contributed by atoms with Crippen molar-refractivity contribution in [2.24, 2.45) is 0 Å². The Bertz CT molecular complexity index is 406. The second-order valence-corrected chi connectivity index (χ2v) is 5.46. The summed E-state index contributed by atoms with van der Waals surface area (Å²) in [6.45, 7) is 5.14. The Balaban J connectivity index is 0.00000400. The van der Waals surface area contributed by atoms with Crippen LogP contribution in [0.15, 0.2) is 24.3 Å². The van der Waals surface area contributed by atoms with Crippen LogP contribution in [-0.4, -0.2) is 37.5 Å². The molecule has 0 aliphatic carbocycles. The number of aryl methyl sites for hydroxylation is 1. The van der Waals surface area contributed by atoms with Gasteiger partial charge in [0.05, 0.1) is 0 Å². The van der Waals surface area contributed by atoms with E-state index in [0.29, 0.717) is 12.5 Å². The number of carbonyl (C=O) groups excluding carboxylic acids is 1. The largest absolute Gasteiger partial charge is 0.342 e. The van der Waals surface area contributed by atoms with Gasteiger partial charge >= 0.3 is 0 Å². The Morgan fingerprint density at radius 2 is 1.90 bits per heavy atom. The van der Waals surface area contributed by atoms with E-state index in [4.69, 9.17) is 0 Å². The summed E-state index contributed by atoms with van der Waals surface area (Å²) in [6.07, 6.45) is 3.45. The Morgan fingerprint density at radius 1 is 1.29 bits per heavy atom. The minimum atomic E-state index is 0. The van der Waals surface area contributed by atoms with E-state index in [1.165, 1.54) is 11.1 Å². The van der Waals surface area contributed by atoms with Crippen LogP contribution in [0.2, 0.25) is 0 Å². The number of likely N-dealkylation sites (N-methyl/N-ethyl adjacent to an activating group) is 1. The first kappa shape index (κ1) is 19.9. The van der Waals surface area contributed by atoms with Gasteiger partial charge in [-0.1, -0.05) is 36.8 Å². The lowest BCUT2D eigenvalue weighted by Crippen LogP contribution is -2.38. The Labute approximate surface area is 135 Å². The molecule has 0 aliphatic rings. The highest BCUT2D eigenvalue weighted by molar-refractivity contribution is 5.85. The molecule has 0 heterocycles. The van der Waals surface area contributed by atoms with Gasteiger partial charge in [-0.2, -0.15) is 0 Å². The van der Waals surface area contributed by atoms with Gasteiger partial charge in [0.15, 0.2) is 0 Å². The van der Waals surface area contributed by atoms with Crippen molar-refractivity contribution in [3.8, 4) is 0 Å². The zero-order valence-electron chi connectivity index (χ0n) is 13.7. The maximum absolute atomic E-state index is 12.2. The highest BCUT2D eigenvalue weighted by Gasteiger charge is 2.18. The Kier molecular flexibility index (Phi) is 10.1. The molecule has 4 heteroatoms. The van der Waals surface area contributed by atoms with Gasteiger partial charge in [0.1, 0.15) is 0 Å². The molecule has 0 fully saturated rings. The van der Waals surface area contributed by atoms with Crippen LogP contribution >= 0.6 is 12.4 Å². The molecule has 0 aliphatic heterocycles. The third-order valence-corrected chi connectivity index (χ3v) is 3.82. The van der Waals surface area contributed by atoms with Crippen molar-refractivity contribution in [3.05, 3.63) is 35.4 Å². The van der Waals surface area contributed by atoms with E-state index >= 15 is 0 Å². The molecule has 1 unspecified atom stereocenters. The monoisotopic (exact) mass is 312 g/mol. The molecule has 3 nitrogen and oxygen atoms in total. The number of benzene rings is 1. The van der Waals surface area contributed by atoms with Crippen molar-refractivity contribution in [3.63, 3.8) is 0 Å². The lowest BCUT2D eigenvalue weighted by Gasteiger charge is -2.27. The van der Waals surface area contributed by atoms with Gasteiger partial charge in [-0.15, -0.1) is 12.4 Å². The number of halogens is 1. The molecule has 0 bridgehead atoms. The molecule has 0 saturated carbocycles. The van der Waals surface area contributed by atoms with Gasteiger partial charge in [0.25, 0.3) is 0 Å². The Hall–Kier alpha value is -1.06. The summed E-state index contributed by atoms with van der Waals surface area (Å²) in [6, 6.07) is 8.89. The average Bonchev–Trinajstić information content (AvgIpc) is 2.46. The molecule has 1 amide bonds. The first-order valence-electron chi connectivity index (χ1n) is 7.54. The standard InChI is InChI=1S/C17H28N2O.ClH/c1-5-16(13-15-10-8-14(2)9-11-15)19(4)17(20)7-6-12-18-3;/h8-11,16,18H,5-7,12-13H2,1-4H3;1H. The van der Waals surface area contributed by atoms with E-state index in [2.05, 4.69) is 43.4 Å². The van der Waals surface area contributed by atoms with Gasteiger partial charge in [0.2, 0.25) is 5.91 Å². The van der Waals surface area contributed by atoms with E-state index in [1.54, 1.807) is 0 Å². The van der Waals surface area contributed by atoms with Crippen LogP contribution in [0.25, 0.3) is 0 Å². The van der Waals surface area contributed by atoms with Crippen molar-refractivity contribution in [2.75, 3.05) is 20.6 Å². The van der Waals surface area contributed by atoms with E-state index in [-0.39, 0.29) is 18.3 Å². The minimum absolute atomic E-state index is 0. The minimum Gasteiger partial charge on any atom is -0.342 e. The second kappa shape index (κ2) is 10.6. The molecule has 1 rings (SSSR count). The highest BCUT2D eigenvalue weighted by Crippen LogP contribution is 2.13. The lowest BCUT2D eigenvalue weighted by atomic mass is 10.0. The van der Waals surface area contributed by atoms with Crippen molar-refractivity contribution in [2.45, 2.75) is 45.6 Å². The molecule has 1 atom stereocenters. The van der Waals surface area contributed by atoms with Crippen molar-refractivity contribution in [1.82, 2.24) is 10.2 Å². The zero-order valence-corrected chi connectivity index (χ0v) is 14.5. The lowest BCUT2D eigenvalue weighted by molar-refractivity contribution is -0.132. The summed E-state index contributed by atoms with van der Waals surface area (Å²) in [5.41, 5.74) is 2.58. The zero-order chi connectivity index (χ0) is 15.0. The third kappa shape index (κ3) is 6.96. The fourth-order valence-electron chi connectivity index (χ4n) is 2.35. The molecule has 1 N–H and O–H groups in total. The van der Waals surface area contributed by atoms with E-state index in [1.807, 2.05) is 19.0 Å². The highest BCUT2D eigenvalue weighted by atomic mass is 35.5. The number of rotatable bonds is 8. The Morgan fingerprint density at radius 3 is 2.43 bits per heavy atom. The van der Waals surface area contributed by atoms with Crippen LogP contribution in [0, 0.1) is 6.92 Å². The van der Waals surface area contributed by atoms with Crippen LogP contribution < -0.4 is 5.32 Å². The molecular formula is C17H29ClN2O.